The molecular weight excluding hydrogens is 529 g/mol. The van der Waals surface area contributed by atoms with Gasteiger partial charge in [0, 0.05) is 53.9 Å². The van der Waals surface area contributed by atoms with Gasteiger partial charge in [-0.25, -0.2) is 4.39 Å². The van der Waals surface area contributed by atoms with Gasteiger partial charge in [0.1, 0.15) is 18.6 Å². The molecule has 4 aliphatic heterocycles. The predicted molar refractivity (Wildman–Crippen MR) is 155 cm³/mol. The van der Waals surface area contributed by atoms with Crippen LogP contribution < -0.4 is 15.0 Å². The van der Waals surface area contributed by atoms with Crippen LogP contribution in [0.25, 0.3) is 32.9 Å². The molecule has 0 saturated carbocycles. The third-order valence-electron chi connectivity index (χ3n) is 9.63. The Kier molecular flexibility index (Phi) is 5.73. The van der Waals surface area contributed by atoms with Crippen LogP contribution in [0, 0.1) is 6.92 Å². The number of nitrogens with zero attached hydrogens (tertiary/aromatic N) is 5. The molecule has 8 rings (SSSR count). The van der Waals surface area contributed by atoms with Crippen LogP contribution in [-0.2, 0) is 0 Å². The van der Waals surface area contributed by atoms with Gasteiger partial charge >= 0.3 is 6.01 Å². The number of nitrogens with one attached hydrogen (secondary N) is 2. The number of piperazine rings is 1. The van der Waals surface area contributed by atoms with Crippen molar-refractivity contribution in [3.8, 4) is 17.1 Å². The molecule has 4 atom stereocenters. The smallest absolute Gasteiger partial charge is 0.319 e. The number of benzene rings is 2. The van der Waals surface area contributed by atoms with Crippen molar-refractivity contribution in [2.45, 2.75) is 62.8 Å². The van der Waals surface area contributed by atoms with Crippen molar-refractivity contribution in [2.24, 2.45) is 0 Å². The summed E-state index contributed by atoms with van der Waals surface area (Å²) >= 11 is 6.62. The molecular formula is C30H33ClFN7O. The molecule has 0 unspecified atom stereocenters. The van der Waals surface area contributed by atoms with Crippen LogP contribution in [0.3, 0.4) is 0 Å². The molecule has 4 aliphatic rings. The molecule has 0 amide bonds. The molecule has 4 saturated heterocycles. The molecule has 0 radical (unpaired) electrons. The lowest BCUT2D eigenvalue weighted by atomic mass is 9.95. The first-order chi connectivity index (χ1) is 19.5. The van der Waals surface area contributed by atoms with E-state index in [9.17, 15) is 4.39 Å². The Balaban J connectivity index is 1.22. The van der Waals surface area contributed by atoms with Crippen molar-refractivity contribution in [3.05, 3.63) is 41.0 Å². The fraction of sp³-hybridized carbons (Fsp3) is 0.500. The fourth-order valence-electron chi connectivity index (χ4n) is 7.70. The Morgan fingerprint density at radius 1 is 1.12 bits per heavy atom. The second-order valence-corrected chi connectivity index (χ2v) is 12.6. The highest BCUT2D eigenvalue weighted by Crippen LogP contribution is 2.41. The van der Waals surface area contributed by atoms with E-state index in [0.717, 1.165) is 76.8 Å². The first kappa shape index (κ1) is 24.8. The lowest BCUT2D eigenvalue weighted by molar-refractivity contribution is 0.107. The molecule has 2 bridgehead atoms. The summed E-state index contributed by atoms with van der Waals surface area (Å²) in [5, 5.41) is 13.8. The molecule has 10 heteroatoms. The van der Waals surface area contributed by atoms with E-state index in [1.807, 2.05) is 19.2 Å². The number of ether oxygens (including phenoxy) is 1. The van der Waals surface area contributed by atoms with Gasteiger partial charge in [-0.3, -0.25) is 10.00 Å². The number of halogens is 2. The number of hydrogen-bond donors (Lipinski definition) is 2. The minimum absolute atomic E-state index is 0.251. The monoisotopic (exact) mass is 561 g/mol. The predicted octanol–water partition coefficient (Wildman–Crippen LogP) is 5.03. The maximum absolute atomic E-state index is 14.4. The van der Waals surface area contributed by atoms with E-state index in [0.29, 0.717) is 42.7 Å². The molecule has 208 valence electrons. The average Bonchev–Trinajstić information content (AvgIpc) is 3.71. The van der Waals surface area contributed by atoms with Crippen LogP contribution in [0.4, 0.5) is 10.2 Å². The Morgan fingerprint density at radius 3 is 2.83 bits per heavy atom. The van der Waals surface area contributed by atoms with Gasteiger partial charge in [0.25, 0.3) is 0 Å². The Hall–Kier alpha value is -3.01. The van der Waals surface area contributed by atoms with Gasteiger partial charge in [-0.1, -0.05) is 17.7 Å². The number of H-pyrrole nitrogens is 1. The van der Waals surface area contributed by atoms with Crippen LogP contribution in [0.2, 0.25) is 5.02 Å². The number of fused-ring (bicyclic) bond motifs is 5. The third-order valence-corrected chi connectivity index (χ3v) is 10.0. The molecule has 6 heterocycles. The van der Waals surface area contributed by atoms with E-state index >= 15 is 0 Å². The molecule has 2 aromatic carbocycles. The van der Waals surface area contributed by atoms with Crippen LogP contribution in [0.5, 0.6) is 6.01 Å². The third kappa shape index (κ3) is 3.96. The van der Waals surface area contributed by atoms with E-state index in [1.54, 1.807) is 0 Å². The lowest BCUT2D eigenvalue weighted by Gasteiger charge is -2.34. The summed E-state index contributed by atoms with van der Waals surface area (Å²) in [7, 11) is 0. The molecule has 40 heavy (non-hydrogen) atoms. The number of aromatic nitrogens is 4. The standard InChI is InChI=1S/C30H33ClFN7O/c1-17-24(31)10-26-23(12-33-37-26)27(17)18-3-6-22-25(9-18)35-29(36-28(22)38-14-20-4-5-21(15-38)34-20)40-16-30-7-2-8-39(30)13-19(32)11-30/h3,6,9-10,12,19-21,34H,2,4-5,7-8,11,13-16H2,1H3,(H,33,37)/t19-,20-,21+,30+/m1/s1. The molecule has 2 aromatic heterocycles. The minimum atomic E-state index is -0.795. The Bertz CT molecular complexity index is 1610. The molecule has 8 nitrogen and oxygen atoms in total. The minimum Gasteiger partial charge on any atom is -0.461 e. The quantitative estimate of drug-likeness (QED) is 0.354. The maximum Gasteiger partial charge on any atom is 0.319 e. The summed E-state index contributed by atoms with van der Waals surface area (Å²) in [6.07, 6.45) is 5.98. The van der Waals surface area contributed by atoms with Gasteiger partial charge in [-0.2, -0.15) is 15.1 Å². The second kappa shape index (κ2) is 9.26. The fourth-order valence-corrected chi connectivity index (χ4v) is 7.91. The molecule has 4 aromatic rings. The highest BCUT2D eigenvalue weighted by Gasteiger charge is 2.49. The summed E-state index contributed by atoms with van der Waals surface area (Å²) in [5.41, 5.74) is 4.54. The van der Waals surface area contributed by atoms with Crippen molar-refractivity contribution in [1.29, 1.82) is 0 Å². The number of hydrogen-bond acceptors (Lipinski definition) is 7. The van der Waals surface area contributed by atoms with Crippen molar-refractivity contribution in [3.63, 3.8) is 0 Å². The average molecular weight is 562 g/mol. The molecule has 0 aliphatic carbocycles. The first-order valence-corrected chi connectivity index (χ1v) is 14.8. The number of aromatic amines is 1. The van der Waals surface area contributed by atoms with E-state index in [-0.39, 0.29) is 5.54 Å². The maximum atomic E-state index is 14.4. The largest absolute Gasteiger partial charge is 0.461 e. The number of alkyl halides is 1. The van der Waals surface area contributed by atoms with Gasteiger partial charge in [-0.15, -0.1) is 0 Å². The highest BCUT2D eigenvalue weighted by atomic mass is 35.5. The zero-order valence-electron chi connectivity index (χ0n) is 22.6. The topological polar surface area (TPSA) is 82.2 Å². The Morgan fingerprint density at radius 2 is 1.98 bits per heavy atom. The lowest BCUT2D eigenvalue weighted by Crippen LogP contribution is -2.51. The van der Waals surface area contributed by atoms with Crippen molar-refractivity contribution in [2.75, 3.05) is 37.7 Å². The Labute approximate surface area is 237 Å². The van der Waals surface area contributed by atoms with E-state index < -0.39 is 6.17 Å². The van der Waals surface area contributed by atoms with E-state index in [1.165, 1.54) is 12.8 Å². The normalized spacial score (nSPS) is 28.2. The van der Waals surface area contributed by atoms with Crippen molar-refractivity contribution < 1.29 is 9.13 Å². The summed E-state index contributed by atoms with van der Waals surface area (Å²) in [5.74, 6) is 0.914. The van der Waals surface area contributed by atoms with E-state index in [4.69, 9.17) is 26.3 Å². The molecule has 4 fully saturated rings. The van der Waals surface area contributed by atoms with Gasteiger partial charge in [-0.05, 0) is 74.0 Å². The summed E-state index contributed by atoms with van der Waals surface area (Å²) < 4.78 is 20.8. The van der Waals surface area contributed by atoms with Crippen molar-refractivity contribution >= 4 is 39.2 Å². The highest BCUT2D eigenvalue weighted by molar-refractivity contribution is 6.33. The van der Waals surface area contributed by atoms with Gasteiger partial charge in [0.2, 0.25) is 0 Å². The number of rotatable bonds is 5. The van der Waals surface area contributed by atoms with Crippen LogP contribution >= 0.6 is 11.6 Å². The SMILES string of the molecule is Cc1c(Cl)cc2[nH]ncc2c1-c1ccc2c(N3C[C@H]4CC[C@@H](C3)N4)nc(OC[C@@]34CCCN3C[C@H](F)C4)nc2c1. The summed E-state index contributed by atoms with van der Waals surface area (Å²) in [6, 6.07) is 9.61. The van der Waals surface area contributed by atoms with Gasteiger partial charge < -0.3 is 15.0 Å². The van der Waals surface area contributed by atoms with Crippen LogP contribution in [0.1, 0.15) is 37.7 Å². The summed E-state index contributed by atoms with van der Waals surface area (Å²) in [6.45, 7) is 5.71. The number of anilines is 1. The van der Waals surface area contributed by atoms with E-state index in [2.05, 4.69) is 43.5 Å². The zero-order chi connectivity index (χ0) is 27.0. The second-order valence-electron chi connectivity index (χ2n) is 12.2. The molecule has 0 spiro atoms. The zero-order valence-corrected chi connectivity index (χ0v) is 23.3. The van der Waals surface area contributed by atoms with Crippen LogP contribution in [0.15, 0.2) is 30.5 Å². The van der Waals surface area contributed by atoms with Gasteiger partial charge in [0.15, 0.2) is 0 Å². The molecule has 2 N–H and O–H groups in total. The summed E-state index contributed by atoms with van der Waals surface area (Å²) in [4.78, 5) is 14.6. The van der Waals surface area contributed by atoms with Crippen LogP contribution in [-0.4, -0.2) is 81.6 Å². The van der Waals surface area contributed by atoms with Crippen molar-refractivity contribution in [1.82, 2.24) is 30.4 Å². The first-order valence-electron chi connectivity index (χ1n) is 14.4. The van der Waals surface area contributed by atoms with Gasteiger partial charge in [0.05, 0.1) is 22.8 Å².